The van der Waals surface area contributed by atoms with E-state index in [0.29, 0.717) is 18.2 Å². The molecule has 0 fully saturated rings. The predicted molar refractivity (Wildman–Crippen MR) is 80.7 cm³/mol. The lowest BCUT2D eigenvalue weighted by molar-refractivity contribution is 1.06. The van der Waals surface area contributed by atoms with Crippen molar-refractivity contribution >= 4 is 27.6 Å². The molecule has 0 aliphatic carbocycles. The highest BCUT2D eigenvalue weighted by atomic mass is 79.9. The van der Waals surface area contributed by atoms with E-state index in [1.807, 2.05) is 0 Å². The number of nitrogens with two attached hydrogens (primary N) is 1. The molecule has 1 aromatic heterocycles. The molecule has 0 atom stereocenters. The third-order valence-corrected chi connectivity index (χ3v) is 3.57. The first-order valence-electron chi connectivity index (χ1n) is 6.03. The normalized spacial score (nSPS) is 10.3. The van der Waals surface area contributed by atoms with E-state index in [9.17, 15) is 0 Å². The van der Waals surface area contributed by atoms with Gasteiger partial charge in [-0.25, -0.2) is 15.8 Å². The van der Waals surface area contributed by atoms with E-state index >= 15 is 0 Å². The van der Waals surface area contributed by atoms with Crippen LogP contribution in [-0.2, 0) is 13.0 Å². The number of aromatic nitrogens is 2. The first kappa shape index (κ1) is 13.8. The Morgan fingerprint density at radius 3 is 2.37 bits per heavy atom. The average molecular weight is 322 g/mol. The molecule has 0 aliphatic heterocycles. The van der Waals surface area contributed by atoms with Gasteiger partial charge < -0.3 is 10.7 Å². The van der Waals surface area contributed by atoms with Gasteiger partial charge in [-0.15, -0.1) is 0 Å². The maximum Gasteiger partial charge on any atom is 0.159 e. The van der Waals surface area contributed by atoms with Gasteiger partial charge in [0.2, 0.25) is 0 Å². The zero-order chi connectivity index (χ0) is 13.7. The van der Waals surface area contributed by atoms with Gasteiger partial charge in [-0.1, -0.05) is 31.2 Å². The maximum atomic E-state index is 5.36. The summed E-state index contributed by atoms with van der Waals surface area (Å²) in [4.78, 5) is 8.17. The Balaban J connectivity index is 2.05. The number of nitrogens with zero attached hydrogens (tertiary/aromatic N) is 2. The van der Waals surface area contributed by atoms with Crippen LogP contribution in [0, 0.1) is 0 Å². The molecule has 0 radical (unpaired) electrons. The van der Waals surface area contributed by atoms with Gasteiger partial charge in [-0.2, -0.15) is 0 Å². The number of anilines is 2. The van der Waals surface area contributed by atoms with Crippen LogP contribution in [0.4, 0.5) is 11.6 Å². The molecule has 0 bridgehead atoms. The van der Waals surface area contributed by atoms with Gasteiger partial charge in [-0.05, 0) is 33.5 Å². The topological polar surface area (TPSA) is 75.9 Å². The quantitative estimate of drug-likeness (QED) is 0.583. The standard InChI is InChI=1S/C13H16BrN5/c1-2-9-3-5-10(6-4-9)7-16-12-11(14)13(19-15)18-8-17-12/h3-6,8H,2,7,15H2,1H3,(H2,16,17,18,19). The van der Waals surface area contributed by atoms with Crippen molar-refractivity contribution in [3.05, 3.63) is 46.2 Å². The number of rotatable bonds is 5. The van der Waals surface area contributed by atoms with Crippen molar-refractivity contribution in [1.29, 1.82) is 0 Å². The van der Waals surface area contributed by atoms with Gasteiger partial charge in [0.15, 0.2) is 5.82 Å². The highest BCUT2D eigenvalue weighted by Gasteiger charge is 2.06. The van der Waals surface area contributed by atoms with Crippen molar-refractivity contribution in [3.8, 4) is 0 Å². The Kier molecular flexibility index (Phi) is 4.70. The number of aryl methyl sites for hydroxylation is 1. The van der Waals surface area contributed by atoms with Gasteiger partial charge in [0, 0.05) is 6.54 Å². The molecule has 0 saturated heterocycles. The molecular formula is C13H16BrN5. The van der Waals surface area contributed by atoms with Crippen LogP contribution in [0.5, 0.6) is 0 Å². The summed E-state index contributed by atoms with van der Waals surface area (Å²) in [6.45, 7) is 2.84. The molecule has 100 valence electrons. The smallest absolute Gasteiger partial charge is 0.159 e. The SMILES string of the molecule is CCc1ccc(CNc2ncnc(NN)c2Br)cc1. The molecule has 0 saturated carbocycles. The second-order valence-corrected chi connectivity index (χ2v) is 4.85. The molecule has 4 N–H and O–H groups in total. The summed E-state index contributed by atoms with van der Waals surface area (Å²) in [5.41, 5.74) is 5.04. The van der Waals surface area contributed by atoms with Crippen LogP contribution in [0.1, 0.15) is 18.1 Å². The van der Waals surface area contributed by atoms with Crippen molar-refractivity contribution in [2.24, 2.45) is 5.84 Å². The van der Waals surface area contributed by atoms with E-state index in [1.165, 1.54) is 17.5 Å². The van der Waals surface area contributed by atoms with Gasteiger partial charge in [-0.3, -0.25) is 0 Å². The van der Waals surface area contributed by atoms with Crippen molar-refractivity contribution in [3.63, 3.8) is 0 Å². The van der Waals surface area contributed by atoms with Crippen LogP contribution in [0.3, 0.4) is 0 Å². The second kappa shape index (κ2) is 6.49. The van der Waals surface area contributed by atoms with Gasteiger partial charge in [0.05, 0.1) is 0 Å². The minimum absolute atomic E-state index is 0.554. The van der Waals surface area contributed by atoms with Crippen LogP contribution >= 0.6 is 15.9 Å². The zero-order valence-corrected chi connectivity index (χ0v) is 12.2. The van der Waals surface area contributed by atoms with Crippen molar-refractivity contribution in [1.82, 2.24) is 9.97 Å². The van der Waals surface area contributed by atoms with Crippen LogP contribution < -0.4 is 16.6 Å². The van der Waals surface area contributed by atoms with E-state index in [-0.39, 0.29) is 0 Å². The van der Waals surface area contributed by atoms with E-state index in [2.05, 4.69) is 67.8 Å². The van der Waals surface area contributed by atoms with E-state index < -0.39 is 0 Å². The van der Waals surface area contributed by atoms with Gasteiger partial charge >= 0.3 is 0 Å². The summed E-state index contributed by atoms with van der Waals surface area (Å²) < 4.78 is 0.725. The predicted octanol–water partition coefficient (Wildman–Crippen LogP) is 2.70. The summed E-state index contributed by atoms with van der Waals surface area (Å²) >= 11 is 3.41. The van der Waals surface area contributed by atoms with E-state index in [4.69, 9.17) is 5.84 Å². The van der Waals surface area contributed by atoms with Gasteiger partial charge in [0.1, 0.15) is 16.6 Å². The summed E-state index contributed by atoms with van der Waals surface area (Å²) in [5.74, 6) is 6.63. The molecule has 2 aromatic rings. The molecule has 0 aliphatic rings. The highest BCUT2D eigenvalue weighted by Crippen LogP contribution is 2.25. The van der Waals surface area contributed by atoms with E-state index in [0.717, 1.165) is 10.9 Å². The summed E-state index contributed by atoms with van der Waals surface area (Å²) in [6, 6.07) is 8.50. The molecule has 0 unspecified atom stereocenters. The van der Waals surface area contributed by atoms with Crippen molar-refractivity contribution < 1.29 is 0 Å². The molecule has 6 heteroatoms. The Labute approximate surface area is 120 Å². The minimum atomic E-state index is 0.554. The largest absolute Gasteiger partial charge is 0.365 e. The summed E-state index contributed by atoms with van der Waals surface area (Å²) in [7, 11) is 0. The summed E-state index contributed by atoms with van der Waals surface area (Å²) in [5, 5.41) is 3.25. The maximum absolute atomic E-state index is 5.36. The van der Waals surface area contributed by atoms with E-state index in [1.54, 1.807) is 0 Å². The molecule has 19 heavy (non-hydrogen) atoms. The third kappa shape index (κ3) is 3.42. The highest BCUT2D eigenvalue weighted by molar-refractivity contribution is 9.10. The Morgan fingerprint density at radius 2 is 1.74 bits per heavy atom. The summed E-state index contributed by atoms with van der Waals surface area (Å²) in [6.07, 6.45) is 2.51. The lowest BCUT2D eigenvalue weighted by atomic mass is 10.1. The first-order chi connectivity index (χ1) is 9.24. The molecule has 0 amide bonds. The minimum Gasteiger partial charge on any atom is -0.365 e. The van der Waals surface area contributed by atoms with Crippen molar-refractivity contribution in [2.75, 3.05) is 10.7 Å². The molecule has 5 nitrogen and oxygen atoms in total. The number of hydrogen-bond acceptors (Lipinski definition) is 5. The fraction of sp³-hybridized carbons (Fsp3) is 0.231. The zero-order valence-electron chi connectivity index (χ0n) is 10.7. The third-order valence-electron chi connectivity index (χ3n) is 2.82. The van der Waals surface area contributed by atoms with Crippen LogP contribution in [0.2, 0.25) is 0 Å². The number of hydrazine groups is 1. The number of benzene rings is 1. The molecule has 1 heterocycles. The van der Waals surface area contributed by atoms with Crippen LogP contribution in [-0.4, -0.2) is 9.97 Å². The molecular weight excluding hydrogens is 306 g/mol. The lowest BCUT2D eigenvalue weighted by Crippen LogP contribution is -2.11. The average Bonchev–Trinajstić information content (AvgIpc) is 2.47. The molecule has 2 rings (SSSR count). The van der Waals surface area contributed by atoms with Gasteiger partial charge in [0.25, 0.3) is 0 Å². The number of nitrogens with one attached hydrogen (secondary N) is 2. The monoisotopic (exact) mass is 321 g/mol. The van der Waals surface area contributed by atoms with Crippen LogP contribution in [0.25, 0.3) is 0 Å². The second-order valence-electron chi connectivity index (χ2n) is 4.05. The number of halogens is 1. The molecule has 1 aromatic carbocycles. The Hall–Kier alpha value is -1.66. The fourth-order valence-corrected chi connectivity index (χ4v) is 2.13. The number of nitrogen functional groups attached to an aromatic ring is 1. The molecule has 0 spiro atoms. The number of hydrogen-bond donors (Lipinski definition) is 3. The first-order valence-corrected chi connectivity index (χ1v) is 6.82. The Morgan fingerprint density at radius 1 is 1.11 bits per heavy atom. The lowest BCUT2D eigenvalue weighted by Gasteiger charge is -2.10. The van der Waals surface area contributed by atoms with Crippen LogP contribution in [0.15, 0.2) is 35.1 Å². The van der Waals surface area contributed by atoms with Crippen molar-refractivity contribution in [2.45, 2.75) is 19.9 Å². The fourth-order valence-electron chi connectivity index (χ4n) is 1.67. The Bertz CT molecular complexity index is 541.